The maximum absolute atomic E-state index is 12.6. The predicted molar refractivity (Wildman–Crippen MR) is 165 cm³/mol. The lowest BCUT2D eigenvalue weighted by atomic mass is 9.87. The molecule has 1 aliphatic rings. The number of aliphatic hydroxyl groups is 2. The maximum Gasteiger partial charge on any atom is 0.567 e. The SMILES string of the molecule is CC(C)(COP(=O)(O)OP(=O)(O)OC[C@@H]1O[C@H](n2cnc3c(N)ncnc32)[C@H](O)[C@@H]1O[P+](O)(O)O)[C@@H](O)C(=O)NCCC(=O)NCCS. The minimum absolute atomic E-state index is 0.0263. The minimum Gasteiger partial charge on any atom is -0.385 e. The molecule has 48 heavy (non-hydrogen) atoms. The van der Waals surface area contributed by atoms with Crippen LogP contribution in [-0.4, -0.2) is 122 Å². The molecule has 0 radical (unpaired) electrons. The van der Waals surface area contributed by atoms with E-state index in [1.165, 1.54) is 13.8 Å². The van der Waals surface area contributed by atoms with Gasteiger partial charge < -0.3 is 41.1 Å². The van der Waals surface area contributed by atoms with Gasteiger partial charge in [0.05, 0.1) is 19.5 Å². The van der Waals surface area contributed by atoms with E-state index in [1.807, 2.05) is 0 Å². The van der Waals surface area contributed by atoms with Gasteiger partial charge in [-0.05, 0) is 0 Å². The molecule has 1 fully saturated rings. The Morgan fingerprint density at radius 3 is 2.46 bits per heavy atom. The van der Waals surface area contributed by atoms with E-state index in [1.54, 1.807) is 0 Å². The Labute approximate surface area is 278 Å². The molecule has 0 bridgehead atoms. The number of fused-ring (bicyclic) bond motifs is 1. The van der Waals surface area contributed by atoms with Crippen LogP contribution in [0.2, 0.25) is 0 Å². The van der Waals surface area contributed by atoms with Crippen LogP contribution in [0.1, 0.15) is 26.5 Å². The number of imidazole rings is 1. The van der Waals surface area contributed by atoms with Crippen molar-refractivity contribution in [3.05, 3.63) is 12.7 Å². The highest BCUT2D eigenvalue weighted by Gasteiger charge is 2.54. The molecule has 2 aromatic heterocycles. The molecule has 0 aliphatic carbocycles. The zero-order valence-corrected chi connectivity index (χ0v) is 28.8. The van der Waals surface area contributed by atoms with Gasteiger partial charge in [-0.3, -0.25) is 23.2 Å². The Bertz CT molecular complexity index is 1530. The number of anilines is 1. The van der Waals surface area contributed by atoms with Crippen molar-refractivity contribution in [2.75, 3.05) is 37.8 Å². The van der Waals surface area contributed by atoms with Crippen LogP contribution in [0.5, 0.6) is 0 Å². The zero-order chi connectivity index (χ0) is 36.1. The molecule has 7 atom stereocenters. The van der Waals surface area contributed by atoms with E-state index in [0.29, 0.717) is 12.3 Å². The van der Waals surface area contributed by atoms with Gasteiger partial charge in [0.2, 0.25) is 11.8 Å². The number of nitrogen functional groups attached to an aromatic ring is 1. The molecule has 2 aromatic rings. The smallest absolute Gasteiger partial charge is 0.385 e. The summed E-state index contributed by atoms with van der Waals surface area (Å²) in [4.78, 5) is 84.4. The molecule has 27 heteroatoms. The van der Waals surface area contributed by atoms with E-state index >= 15 is 0 Å². The van der Waals surface area contributed by atoms with Crippen molar-refractivity contribution in [1.29, 1.82) is 0 Å². The van der Waals surface area contributed by atoms with Crippen molar-refractivity contribution in [2.45, 2.75) is 50.9 Å². The Kier molecular flexibility index (Phi) is 13.8. The molecule has 2 unspecified atom stereocenters. The van der Waals surface area contributed by atoms with E-state index in [-0.39, 0.29) is 35.9 Å². The number of carbonyl (C=O) groups is 2. The highest BCUT2D eigenvalue weighted by molar-refractivity contribution is 7.80. The van der Waals surface area contributed by atoms with Gasteiger partial charge >= 0.3 is 23.8 Å². The summed E-state index contributed by atoms with van der Waals surface area (Å²) in [5, 5.41) is 26.1. The molecule has 23 nitrogen and oxygen atoms in total. The van der Waals surface area contributed by atoms with Crippen LogP contribution < -0.4 is 16.4 Å². The Balaban J connectivity index is 1.60. The molecule has 1 saturated heterocycles. The standard InChI is InChI=1S/C21H36N7O16P3S/c1-21(2,16(31)19(32)24-4-3-12(29)23-5-6-48)8-41-47(38,39)44-46(36,37)40-7-11-15(43-45(33,34)35)14(30)20(42-11)28-10-27-13-17(22)25-9-26-18(13)28/h9-11,14-16,20,30-31,33-35H,3-8H2,1-2H3,(H6-,22,23,24,25,26,29,32,36,37,38,39,48)/p+1/t11-,14+,15+,16-,20-/m0/s1. The number of phosphoric acid groups is 2. The normalized spacial score (nSPS) is 23.4. The number of carbonyl (C=O) groups excluding carboxylic acids is 2. The number of hydrogen-bond acceptors (Lipinski definition) is 19. The Morgan fingerprint density at radius 1 is 1.15 bits per heavy atom. The van der Waals surface area contributed by atoms with E-state index in [0.717, 1.165) is 17.2 Å². The molecule has 2 amide bonds. The fraction of sp³-hybridized carbons (Fsp3) is 0.667. The van der Waals surface area contributed by atoms with Crippen LogP contribution in [0.3, 0.4) is 0 Å². The number of nitrogens with zero attached hydrogens (tertiary/aromatic N) is 4. The third-order valence-corrected chi connectivity index (χ3v) is 9.85. The number of ether oxygens (including phenoxy) is 1. The quantitative estimate of drug-likeness (QED) is 0.0571. The number of rotatable bonds is 18. The summed E-state index contributed by atoms with van der Waals surface area (Å²) in [6.45, 7) is 0.774. The fourth-order valence-electron chi connectivity index (χ4n) is 4.14. The number of amides is 2. The van der Waals surface area contributed by atoms with Gasteiger partial charge in [0.25, 0.3) is 0 Å². The molecule has 0 saturated carbocycles. The zero-order valence-electron chi connectivity index (χ0n) is 25.2. The lowest BCUT2D eigenvalue weighted by Gasteiger charge is -2.30. The lowest BCUT2D eigenvalue weighted by Crippen LogP contribution is -2.46. The number of phosphoric ester groups is 2. The summed E-state index contributed by atoms with van der Waals surface area (Å²) in [5.74, 6) is -0.924. The third-order valence-electron chi connectivity index (χ3n) is 6.52. The molecular formula is C21H37N7O16P3S+. The number of nitrogens with one attached hydrogen (secondary N) is 2. The van der Waals surface area contributed by atoms with Crippen LogP contribution in [-0.2, 0) is 41.3 Å². The topological polar surface area (TPSA) is 350 Å². The monoisotopic (exact) mass is 768 g/mol. The van der Waals surface area contributed by atoms with Gasteiger partial charge in [0, 0.05) is 30.7 Å². The largest absolute Gasteiger partial charge is 0.567 e. The molecule has 1 aliphatic heterocycles. The van der Waals surface area contributed by atoms with E-state index in [2.05, 4.69) is 42.5 Å². The van der Waals surface area contributed by atoms with Crippen LogP contribution in [0.4, 0.5) is 5.82 Å². The summed E-state index contributed by atoms with van der Waals surface area (Å²) in [7, 11) is -16.0. The Hall–Kier alpha value is -1.95. The molecule has 0 spiro atoms. The van der Waals surface area contributed by atoms with Crippen LogP contribution in [0.25, 0.3) is 11.2 Å². The first-order valence-corrected chi connectivity index (χ1v) is 18.9. The van der Waals surface area contributed by atoms with Crippen LogP contribution >= 0.6 is 36.4 Å². The number of nitrogens with two attached hydrogens (primary N) is 1. The second kappa shape index (κ2) is 16.4. The predicted octanol–water partition coefficient (Wildman–Crippen LogP) is -2.10. The first-order chi connectivity index (χ1) is 22.2. The first-order valence-electron chi connectivity index (χ1n) is 13.7. The van der Waals surface area contributed by atoms with Gasteiger partial charge in [-0.15, -0.1) is 4.52 Å². The molecule has 0 aromatic carbocycles. The number of aromatic nitrogens is 4. The molecule has 3 heterocycles. The highest BCUT2D eigenvalue weighted by Crippen LogP contribution is 2.61. The van der Waals surface area contributed by atoms with Gasteiger partial charge in [-0.25, -0.2) is 24.1 Å². The average molecular weight is 769 g/mol. The van der Waals surface area contributed by atoms with Crippen molar-refractivity contribution in [3.63, 3.8) is 0 Å². The summed E-state index contributed by atoms with van der Waals surface area (Å²) in [5.41, 5.74) is 4.34. The van der Waals surface area contributed by atoms with Crippen LogP contribution in [0.15, 0.2) is 12.7 Å². The molecular weight excluding hydrogens is 731 g/mol. The van der Waals surface area contributed by atoms with Crippen molar-refractivity contribution in [1.82, 2.24) is 30.2 Å². The molecule has 11 N–H and O–H groups in total. The van der Waals surface area contributed by atoms with Crippen molar-refractivity contribution in [3.8, 4) is 0 Å². The van der Waals surface area contributed by atoms with Gasteiger partial charge in [-0.1, -0.05) is 13.8 Å². The second-order valence-corrected chi connectivity index (χ2v) is 15.5. The van der Waals surface area contributed by atoms with Crippen molar-refractivity contribution in [2.24, 2.45) is 5.41 Å². The van der Waals surface area contributed by atoms with E-state index in [9.17, 15) is 53.4 Å². The first kappa shape index (κ1) is 40.5. The van der Waals surface area contributed by atoms with Crippen molar-refractivity contribution < 1.29 is 76.0 Å². The summed E-state index contributed by atoms with van der Waals surface area (Å²) >= 11 is 3.95. The summed E-state index contributed by atoms with van der Waals surface area (Å²) in [6.07, 6.45) is -6.54. The highest BCUT2D eigenvalue weighted by atomic mass is 32.1. The minimum atomic E-state index is -5.52. The molecule has 272 valence electrons. The van der Waals surface area contributed by atoms with Crippen molar-refractivity contribution >= 4 is 65.2 Å². The number of hydrogen-bond donors (Lipinski definition) is 11. The van der Waals surface area contributed by atoms with E-state index in [4.69, 9.17) is 24.0 Å². The summed E-state index contributed by atoms with van der Waals surface area (Å²) in [6, 6.07) is 0. The van der Waals surface area contributed by atoms with Crippen LogP contribution in [0, 0.1) is 5.41 Å². The van der Waals surface area contributed by atoms with E-state index < -0.39 is 79.0 Å². The van der Waals surface area contributed by atoms with Gasteiger partial charge in [0.15, 0.2) is 23.8 Å². The maximum atomic E-state index is 12.6. The lowest BCUT2D eigenvalue weighted by molar-refractivity contribution is -0.137. The summed E-state index contributed by atoms with van der Waals surface area (Å²) < 4.78 is 50.3. The number of thiol groups is 1. The van der Waals surface area contributed by atoms with Gasteiger partial charge in [-0.2, -0.15) is 31.6 Å². The fourth-order valence-corrected chi connectivity index (χ4v) is 7.09. The Morgan fingerprint density at radius 2 is 1.81 bits per heavy atom. The average Bonchev–Trinajstić information content (AvgIpc) is 3.54. The third kappa shape index (κ3) is 11.3. The molecule has 3 rings (SSSR count). The second-order valence-electron chi connectivity index (χ2n) is 10.8. The van der Waals surface area contributed by atoms with Gasteiger partial charge in [0.1, 0.15) is 30.2 Å². The number of aliphatic hydroxyl groups excluding tert-OH is 2.